The van der Waals surface area contributed by atoms with Gasteiger partial charge in [0.2, 0.25) is 17.0 Å². The molecule has 2 aromatic heterocycles. The zero-order valence-corrected chi connectivity index (χ0v) is 18.2. The van der Waals surface area contributed by atoms with Crippen LogP contribution in [0.1, 0.15) is 18.0 Å². The highest BCUT2D eigenvalue weighted by Crippen LogP contribution is 2.37. The summed E-state index contributed by atoms with van der Waals surface area (Å²) in [5.74, 6) is -1.22. The molecule has 0 bridgehead atoms. The molecule has 0 saturated heterocycles. The van der Waals surface area contributed by atoms with Gasteiger partial charge < -0.3 is 16.0 Å². The number of nitrogens with one attached hydrogen (secondary N) is 1. The van der Waals surface area contributed by atoms with Gasteiger partial charge in [-0.05, 0) is 31.2 Å². The second-order valence-electron chi connectivity index (χ2n) is 5.91. The van der Waals surface area contributed by atoms with Gasteiger partial charge >= 0.3 is 0 Å². The Morgan fingerprint density at radius 1 is 1.07 bits per heavy atom. The van der Waals surface area contributed by atoms with Gasteiger partial charge in [-0.3, -0.25) is 0 Å². The van der Waals surface area contributed by atoms with E-state index in [4.69, 9.17) is 5.73 Å². The molecule has 0 aliphatic rings. The van der Waals surface area contributed by atoms with Crippen molar-refractivity contribution in [2.75, 3.05) is 30.0 Å². The standard InChI is InChI=1S/C16H18F2N8S3/c1-8(11-21-13(19)23-14(22-11)26(2)3)27-16-25-24-15(29-16)20-9-4-6-10(7-5-9)28-12(17)18/h4-8,12H,1-3H3,(H,20,24)(H2,19,21,22,23). The summed E-state index contributed by atoms with van der Waals surface area (Å²) in [6.45, 7) is 1.95. The number of benzene rings is 1. The maximum Gasteiger partial charge on any atom is 0.288 e. The first-order chi connectivity index (χ1) is 13.8. The summed E-state index contributed by atoms with van der Waals surface area (Å²) in [6.07, 6.45) is 0. The largest absolute Gasteiger partial charge is 0.368 e. The molecular formula is C16H18F2N8S3. The van der Waals surface area contributed by atoms with Crippen molar-refractivity contribution in [1.29, 1.82) is 0 Å². The van der Waals surface area contributed by atoms with Crippen molar-refractivity contribution < 1.29 is 8.78 Å². The number of thioether (sulfide) groups is 2. The maximum atomic E-state index is 12.4. The Hall–Kier alpha value is -2.25. The summed E-state index contributed by atoms with van der Waals surface area (Å²) in [4.78, 5) is 15.0. The van der Waals surface area contributed by atoms with Crippen LogP contribution in [0.15, 0.2) is 33.5 Å². The molecular weight excluding hydrogens is 438 g/mol. The van der Waals surface area contributed by atoms with E-state index in [0.717, 1.165) is 10.0 Å². The first-order valence-corrected chi connectivity index (χ1v) is 10.9. The zero-order chi connectivity index (χ0) is 21.0. The van der Waals surface area contributed by atoms with Crippen molar-refractivity contribution in [3.8, 4) is 0 Å². The van der Waals surface area contributed by atoms with Gasteiger partial charge in [0, 0.05) is 24.7 Å². The Labute approximate surface area is 178 Å². The molecule has 2 heterocycles. The molecule has 0 aliphatic heterocycles. The highest BCUT2D eigenvalue weighted by Gasteiger charge is 2.17. The molecule has 0 fully saturated rings. The van der Waals surface area contributed by atoms with Crippen LogP contribution >= 0.6 is 34.9 Å². The molecule has 0 radical (unpaired) electrons. The van der Waals surface area contributed by atoms with E-state index in [-0.39, 0.29) is 11.2 Å². The molecule has 3 N–H and O–H groups in total. The Kier molecular flexibility index (Phi) is 7.03. The van der Waals surface area contributed by atoms with Crippen molar-refractivity contribution in [1.82, 2.24) is 25.1 Å². The monoisotopic (exact) mass is 456 g/mol. The van der Waals surface area contributed by atoms with E-state index < -0.39 is 5.76 Å². The highest BCUT2D eigenvalue weighted by atomic mass is 32.2. The SMILES string of the molecule is CC(Sc1nnc(Nc2ccc(SC(F)F)cc2)s1)c1nc(N)nc(N(C)C)n1. The van der Waals surface area contributed by atoms with Gasteiger partial charge in [-0.1, -0.05) is 34.9 Å². The van der Waals surface area contributed by atoms with Crippen LogP contribution in [0.3, 0.4) is 0 Å². The number of nitrogens with zero attached hydrogens (tertiary/aromatic N) is 6. The van der Waals surface area contributed by atoms with Gasteiger partial charge in [0.05, 0.1) is 5.25 Å². The molecule has 13 heteroatoms. The summed E-state index contributed by atoms with van der Waals surface area (Å²) in [6, 6.07) is 6.70. The molecule has 154 valence electrons. The van der Waals surface area contributed by atoms with Crippen LogP contribution in [-0.2, 0) is 0 Å². The number of nitrogens with two attached hydrogens (primary N) is 1. The molecule has 3 rings (SSSR count). The lowest BCUT2D eigenvalue weighted by atomic mass is 10.3. The van der Waals surface area contributed by atoms with Crippen molar-refractivity contribution in [2.24, 2.45) is 0 Å². The minimum atomic E-state index is -2.44. The average molecular weight is 457 g/mol. The molecule has 0 spiro atoms. The van der Waals surface area contributed by atoms with Gasteiger partial charge in [-0.15, -0.1) is 10.2 Å². The third-order valence-corrected chi connectivity index (χ3v) is 6.18. The Bertz CT molecular complexity index is 952. The number of rotatable bonds is 8. The minimum absolute atomic E-state index is 0.106. The molecule has 29 heavy (non-hydrogen) atoms. The van der Waals surface area contributed by atoms with E-state index in [2.05, 4.69) is 30.5 Å². The van der Waals surface area contributed by atoms with E-state index in [9.17, 15) is 8.78 Å². The Morgan fingerprint density at radius 2 is 1.79 bits per heavy atom. The Morgan fingerprint density at radius 3 is 2.45 bits per heavy atom. The van der Waals surface area contributed by atoms with Crippen molar-refractivity contribution in [2.45, 2.75) is 27.2 Å². The number of hydrogen-bond acceptors (Lipinski definition) is 11. The predicted octanol–water partition coefficient (Wildman–Crippen LogP) is 4.28. The molecule has 1 atom stereocenters. The molecule has 0 saturated carbocycles. The summed E-state index contributed by atoms with van der Waals surface area (Å²) in [5, 5.41) is 11.9. The fourth-order valence-corrected chi connectivity index (χ4v) is 4.59. The van der Waals surface area contributed by atoms with Crippen LogP contribution in [-0.4, -0.2) is 45.0 Å². The van der Waals surface area contributed by atoms with Crippen LogP contribution in [0.2, 0.25) is 0 Å². The average Bonchev–Trinajstić information content (AvgIpc) is 3.09. The quantitative estimate of drug-likeness (QED) is 0.477. The maximum absolute atomic E-state index is 12.4. The molecule has 0 amide bonds. The molecule has 1 unspecified atom stereocenters. The topological polar surface area (TPSA) is 106 Å². The van der Waals surface area contributed by atoms with E-state index in [1.54, 1.807) is 29.2 Å². The molecule has 3 aromatic rings. The first kappa shape index (κ1) is 21.5. The lowest BCUT2D eigenvalue weighted by Crippen LogP contribution is -2.16. The number of nitrogen functional groups attached to an aromatic ring is 1. The zero-order valence-electron chi connectivity index (χ0n) is 15.7. The van der Waals surface area contributed by atoms with Crippen molar-refractivity contribution >= 4 is 57.6 Å². The number of anilines is 4. The molecule has 1 aromatic carbocycles. The van der Waals surface area contributed by atoms with E-state index in [0.29, 0.717) is 33.6 Å². The second-order valence-corrected chi connectivity index (χ2v) is 9.54. The van der Waals surface area contributed by atoms with Crippen LogP contribution in [0.4, 0.5) is 31.5 Å². The van der Waals surface area contributed by atoms with Crippen LogP contribution in [0.5, 0.6) is 0 Å². The second kappa shape index (κ2) is 9.50. The van der Waals surface area contributed by atoms with E-state index in [1.807, 2.05) is 21.0 Å². The summed E-state index contributed by atoms with van der Waals surface area (Å²) in [7, 11) is 3.66. The fourth-order valence-electron chi connectivity index (χ4n) is 2.13. The Balaban J connectivity index is 1.64. The molecule has 8 nitrogen and oxygen atoms in total. The van der Waals surface area contributed by atoms with Crippen molar-refractivity contribution in [3.63, 3.8) is 0 Å². The van der Waals surface area contributed by atoms with Crippen LogP contribution in [0.25, 0.3) is 0 Å². The summed E-state index contributed by atoms with van der Waals surface area (Å²) in [5.41, 5.74) is 6.52. The third kappa shape index (κ3) is 6.11. The fraction of sp³-hybridized carbons (Fsp3) is 0.312. The number of halogens is 2. The van der Waals surface area contributed by atoms with E-state index >= 15 is 0 Å². The van der Waals surface area contributed by atoms with Crippen LogP contribution in [0, 0.1) is 0 Å². The third-order valence-electron chi connectivity index (χ3n) is 3.44. The smallest absolute Gasteiger partial charge is 0.288 e. The number of aromatic nitrogens is 5. The van der Waals surface area contributed by atoms with E-state index in [1.165, 1.54) is 23.1 Å². The predicted molar refractivity (Wildman–Crippen MR) is 114 cm³/mol. The number of alkyl halides is 2. The highest BCUT2D eigenvalue weighted by molar-refractivity contribution is 8.01. The lowest BCUT2D eigenvalue weighted by Gasteiger charge is -2.13. The summed E-state index contributed by atoms with van der Waals surface area (Å²) >= 11 is 3.34. The number of hydrogen-bond donors (Lipinski definition) is 2. The lowest BCUT2D eigenvalue weighted by molar-refractivity contribution is 0.252. The minimum Gasteiger partial charge on any atom is -0.368 e. The van der Waals surface area contributed by atoms with Crippen LogP contribution < -0.4 is 16.0 Å². The van der Waals surface area contributed by atoms with Gasteiger partial charge in [0.15, 0.2) is 4.34 Å². The first-order valence-electron chi connectivity index (χ1n) is 8.31. The normalized spacial score (nSPS) is 12.2. The van der Waals surface area contributed by atoms with Gasteiger partial charge in [0.25, 0.3) is 5.76 Å². The van der Waals surface area contributed by atoms with Crippen molar-refractivity contribution in [3.05, 3.63) is 30.1 Å². The van der Waals surface area contributed by atoms with Gasteiger partial charge in [-0.25, -0.2) is 0 Å². The van der Waals surface area contributed by atoms with Gasteiger partial charge in [-0.2, -0.15) is 23.7 Å². The van der Waals surface area contributed by atoms with Gasteiger partial charge in [0.1, 0.15) is 5.82 Å². The molecule has 0 aliphatic carbocycles. The summed E-state index contributed by atoms with van der Waals surface area (Å²) < 4.78 is 25.5.